The van der Waals surface area contributed by atoms with Crippen LogP contribution in [0.4, 0.5) is 5.69 Å². The molecule has 0 saturated heterocycles. The summed E-state index contributed by atoms with van der Waals surface area (Å²) in [5, 5.41) is 10.6. The van der Waals surface area contributed by atoms with Crippen molar-refractivity contribution in [2.45, 2.75) is 9.79 Å². The fourth-order valence-corrected chi connectivity index (χ4v) is 3.13. The maximum atomic E-state index is 12.6. The Balaban J connectivity index is 2.52. The van der Waals surface area contributed by atoms with Crippen molar-refractivity contribution in [2.75, 3.05) is 14.2 Å². The van der Waals surface area contributed by atoms with Crippen LogP contribution in [0.25, 0.3) is 0 Å². The van der Waals surface area contributed by atoms with Crippen LogP contribution in [0.5, 0.6) is 11.5 Å². The molecule has 2 aromatic rings. The molecule has 2 rings (SSSR count). The van der Waals surface area contributed by atoms with E-state index in [1.807, 2.05) is 0 Å². The van der Waals surface area contributed by atoms with Gasteiger partial charge in [-0.3, -0.25) is 10.1 Å². The number of methoxy groups -OCH3 is 2. The number of ether oxygens (including phenoxy) is 2. The molecule has 0 atom stereocenters. The predicted molar refractivity (Wildman–Crippen MR) is 78.1 cm³/mol. The summed E-state index contributed by atoms with van der Waals surface area (Å²) in [5.41, 5.74) is -0.179. The van der Waals surface area contributed by atoms with Crippen molar-refractivity contribution in [2.24, 2.45) is 0 Å². The third-order valence-corrected chi connectivity index (χ3v) is 4.74. The van der Waals surface area contributed by atoms with Gasteiger partial charge in [-0.2, -0.15) is 0 Å². The minimum atomic E-state index is -3.83. The third kappa shape index (κ3) is 3.01. The van der Waals surface area contributed by atoms with Crippen LogP contribution in [0.1, 0.15) is 0 Å². The topological polar surface area (TPSA) is 95.7 Å². The van der Waals surface area contributed by atoms with Crippen molar-refractivity contribution in [3.63, 3.8) is 0 Å². The molecule has 0 amide bonds. The lowest BCUT2D eigenvalue weighted by Gasteiger charge is -2.09. The molecule has 0 aromatic heterocycles. The highest BCUT2D eigenvalue weighted by Gasteiger charge is 2.20. The van der Waals surface area contributed by atoms with Crippen molar-refractivity contribution in [1.82, 2.24) is 0 Å². The lowest BCUT2D eigenvalue weighted by Crippen LogP contribution is -2.03. The van der Waals surface area contributed by atoms with Gasteiger partial charge in [0, 0.05) is 18.2 Å². The zero-order valence-corrected chi connectivity index (χ0v) is 12.7. The molecule has 0 aliphatic rings. The summed E-state index contributed by atoms with van der Waals surface area (Å²) in [6, 6.07) is 8.95. The van der Waals surface area contributed by atoms with E-state index >= 15 is 0 Å². The van der Waals surface area contributed by atoms with Gasteiger partial charge in [-0.25, -0.2) is 8.42 Å². The molecular weight excluding hydrogens is 310 g/mol. The van der Waals surface area contributed by atoms with E-state index in [-0.39, 0.29) is 15.5 Å². The monoisotopic (exact) mass is 323 g/mol. The van der Waals surface area contributed by atoms with Gasteiger partial charge in [-0.15, -0.1) is 0 Å². The Morgan fingerprint density at radius 3 is 1.82 bits per heavy atom. The van der Waals surface area contributed by atoms with Crippen molar-refractivity contribution >= 4 is 15.5 Å². The van der Waals surface area contributed by atoms with Crippen LogP contribution < -0.4 is 9.47 Å². The quantitative estimate of drug-likeness (QED) is 0.619. The number of non-ortho nitro benzene ring substituents is 1. The van der Waals surface area contributed by atoms with E-state index in [0.29, 0.717) is 11.5 Å². The smallest absolute Gasteiger partial charge is 0.269 e. The van der Waals surface area contributed by atoms with Gasteiger partial charge < -0.3 is 9.47 Å². The molecule has 0 spiro atoms. The van der Waals surface area contributed by atoms with Gasteiger partial charge in [0.1, 0.15) is 11.5 Å². The van der Waals surface area contributed by atoms with Gasteiger partial charge >= 0.3 is 0 Å². The van der Waals surface area contributed by atoms with Gasteiger partial charge in [-0.05, 0) is 24.3 Å². The number of nitrogens with zero attached hydrogens (tertiary/aromatic N) is 1. The summed E-state index contributed by atoms with van der Waals surface area (Å²) in [5.74, 6) is 0.666. The van der Waals surface area contributed by atoms with Crippen LogP contribution in [0, 0.1) is 10.1 Å². The molecule has 2 aromatic carbocycles. The molecule has 0 bridgehead atoms. The molecule has 0 heterocycles. The second-order valence-electron chi connectivity index (χ2n) is 4.30. The van der Waals surface area contributed by atoms with Crippen molar-refractivity contribution < 1.29 is 22.8 Å². The molecule has 8 heteroatoms. The number of rotatable bonds is 5. The first-order valence-electron chi connectivity index (χ1n) is 6.11. The number of hydrogen-bond acceptors (Lipinski definition) is 6. The highest BCUT2D eigenvalue weighted by Crippen LogP contribution is 2.30. The molecular formula is C14H13NO6S. The number of nitro benzene ring substituents is 1. The fraction of sp³-hybridized carbons (Fsp3) is 0.143. The standard InChI is InChI=1S/C14H13NO6S/c1-20-11-7-12(21-2)9-14(8-11)22(18,19)13-5-3-10(4-6-13)15(16)17/h3-9H,1-2H3. The molecule has 0 saturated carbocycles. The molecule has 0 fully saturated rings. The maximum Gasteiger partial charge on any atom is 0.269 e. The van der Waals surface area contributed by atoms with Gasteiger partial charge in [-0.1, -0.05) is 0 Å². The van der Waals surface area contributed by atoms with Gasteiger partial charge in [0.25, 0.3) is 5.69 Å². The Morgan fingerprint density at radius 2 is 1.41 bits per heavy atom. The number of sulfone groups is 1. The molecule has 7 nitrogen and oxygen atoms in total. The summed E-state index contributed by atoms with van der Waals surface area (Å²) < 4.78 is 35.2. The second-order valence-corrected chi connectivity index (χ2v) is 6.25. The Morgan fingerprint density at radius 1 is 0.909 bits per heavy atom. The van der Waals surface area contributed by atoms with Crippen LogP contribution in [-0.4, -0.2) is 27.6 Å². The van der Waals surface area contributed by atoms with Crippen LogP contribution in [0.2, 0.25) is 0 Å². The van der Waals surface area contributed by atoms with Gasteiger partial charge in [0.05, 0.1) is 28.9 Å². The highest BCUT2D eigenvalue weighted by atomic mass is 32.2. The van der Waals surface area contributed by atoms with E-state index in [1.54, 1.807) is 6.07 Å². The summed E-state index contributed by atoms with van der Waals surface area (Å²) >= 11 is 0. The first kappa shape index (κ1) is 15.8. The highest BCUT2D eigenvalue weighted by molar-refractivity contribution is 7.91. The normalized spacial score (nSPS) is 11.0. The molecule has 22 heavy (non-hydrogen) atoms. The average molecular weight is 323 g/mol. The molecule has 0 N–H and O–H groups in total. The van der Waals surface area contributed by atoms with Gasteiger partial charge in [0.2, 0.25) is 9.84 Å². The van der Waals surface area contributed by atoms with Gasteiger partial charge in [0.15, 0.2) is 0 Å². The molecule has 0 aliphatic carbocycles. The first-order chi connectivity index (χ1) is 10.4. The molecule has 0 aliphatic heterocycles. The van der Waals surface area contributed by atoms with E-state index < -0.39 is 14.8 Å². The average Bonchev–Trinajstić information content (AvgIpc) is 2.54. The van der Waals surface area contributed by atoms with Crippen LogP contribution in [0.3, 0.4) is 0 Å². The largest absolute Gasteiger partial charge is 0.497 e. The van der Waals surface area contributed by atoms with E-state index in [9.17, 15) is 18.5 Å². The molecule has 116 valence electrons. The zero-order valence-electron chi connectivity index (χ0n) is 11.8. The lowest BCUT2D eigenvalue weighted by molar-refractivity contribution is -0.384. The van der Waals surface area contributed by atoms with Crippen molar-refractivity contribution in [1.29, 1.82) is 0 Å². The Bertz CT molecular complexity index is 776. The summed E-state index contributed by atoms with van der Waals surface area (Å²) in [6.45, 7) is 0. The SMILES string of the molecule is COc1cc(OC)cc(S(=O)(=O)c2ccc([N+](=O)[O-])cc2)c1. The van der Waals surface area contributed by atoms with Crippen LogP contribution in [0.15, 0.2) is 52.3 Å². The van der Waals surface area contributed by atoms with E-state index in [0.717, 1.165) is 12.1 Å². The first-order valence-corrected chi connectivity index (χ1v) is 7.59. The number of nitro groups is 1. The van der Waals surface area contributed by atoms with E-state index in [4.69, 9.17) is 9.47 Å². The zero-order chi connectivity index (χ0) is 16.3. The van der Waals surface area contributed by atoms with Crippen LogP contribution >= 0.6 is 0 Å². The van der Waals surface area contributed by atoms with Crippen LogP contribution in [-0.2, 0) is 9.84 Å². The summed E-state index contributed by atoms with van der Waals surface area (Å²) in [7, 11) is -1.00. The predicted octanol–water partition coefficient (Wildman–Crippen LogP) is 2.44. The number of benzene rings is 2. The summed E-state index contributed by atoms with van der Waals surface area (Å²) in [4.78, 5) is 9.97. The van der Waals surface area contributed by atoms with E-state index in [2.05, 4.69) is 0 Å². The number of hydrogen-bond donors (Lipinski definition) is 0. The maximum absolute atomic E-state index is 12.6. The lowest BCUT2D eigenvalue weighted by atomic mass is 10.3. The minimum Gasteiger partial charge on any atom is -0.497 e. The second kappa shape index (κ2) is 6.02. The third-order valence-electron chi connectivity index (χ3n) is 2.99. The van der Waals surface area contributed by atoms with E-state index in [1.165, 1.54) is 38.5 Å². The fourth-order valence-electron chi connectivity index (χ4n) is 1.82. The summed E-state index contributed by atoms with van der Waals surface area (Å²) in [6.07, 6.45) is 0. The Hall–Kier alpha value is -2.61. The Labute approximate surface area is 127 Å². The molecule has 0 radical (unpaired) electrons. The molecule has 0 unspecified atom stereocenters. The minimum absolute atomic E-state index is 0.0162. The van der Waals surface area contributed by atoms with Crippen molar-refractivity contribution in [3.05, 3.63) is 52.6 Å². The Kier molecular flexibility index (Phi) is 4.32. The van der Waals surface area contributed by atoms with Crippen molar-refractivity contribution in [3.8, 4) is 11.5 Å².